The van der Waals surface area contributed by atoms with Gasteiger partial charge in [0.2, 0.25) is 0 Å². The van der Waals surface area contributed by atoms with E-state index in [1.54, 1.807) is 11.3 Å². The Bertz CT molecular complexity index is 235. The predicted octanol–water partition coefficient (Wildman–Crippen LogP) is 0.748. The molecule has 0 spiro atoms. The van der Waals surface area contributed by atoms with Gasteiger partial charge in [0.05, 0.1) is 0 Å². The summed E-state index contributed by atoms with van der Waals surface area (Å²) in [7, 11) is 0. The van der Waals surface area contributed by atoms with Crippen molar-refractivity contribution in [1.29, 1.82) is 0 Å². The summed E-state index contributed by atoms with van der Waals surface area (Å²) in [5.74, 6) is 0. The average molecular weight is 189 g/mol. The molecule has 0 N–H and O–H groups in total. The van der Waals surface area contributed by atoms with E-state index in [-0.39, 0.29) is 0 Å². The van der Waals surface area contributed by atoms with Gasteiger partial charge in [-0.15, -0.1) is 0 Å². The topological polar surface area (TPSA) is 25.8 Å². The maximum absolute atomic E-state index is 4.06. The molecule has 40 valence electrons. The van der Waals surface area contributed by atoms with Crippen LogP contribution in [0, 0.1) is 0 Å². The monoisotopic (exact) mass is 190 g/mol. The summed E-state index contributed by atoms with van der Waals surface area (Å²) in [6, 6.07) is 0. The summed E-state index contributed by atoms with van der Waals surface area (Å²) in [5.41, 5.74) is 2.80. The molecule has 2 heterocycles. The van der Waals surface area contributed by atoms with Crippen LogP contribution >= 0.6 is 11.3 Å². The quantitative estimate of drug-likeness (QED) is 0.571. The molecule has 8 heavy (non-hydrogen) atoms. The van der Waals surface area contributed by atoms with Gasteiger partial charge in [0.15, 0.2) is 0 Å². The van der Waals surface area contributed by atoms with Gasteiger partial charge in [0.1, 0.15) is 0 Å². The number of hydrogen-bond donors (Lipinski definition) is 0. The second-order valence-electron chi connectivity index (χ2n) is 1.32. The van der Waals surface area contributed by atoms with Crippen molar-refractivity contribution in [2.45, 2.75) is 0 Å². The van der Waals surface area contributed by atoms with E-state index in [0.717, 1.165) is 5.65 Å². The van der Waals surface area contributed by atoms with Gasteiger partial charge in [-0.3, -0.25) is 0 Å². The first-order valence-corrected chi connectivity index (χ1v) is 4.82. The van der Waals surface area contributed by atoms with Crippen LogP contribution in [0.4, 0.5) is 0 Å². The van der Waals surface area contributed by atoms with Crippen molar-refractivity contribution in [2.75, 3.05) is 0 Å². The fourth-order valence-electron chi connectivity index (χ4n) is 0.520. The standard InChI is InChI=1S/C4H2N2SSe/c1-5-3-4(7-1)8-2-6-3/h1-2H. The van der Waals surface area contributed by atoms with Gasteiger partial charge >= 0.3 is 55.6 Å². The van der Waals surface area contributed by atoms with Crippen molar-refractivity contribution < 1.29 is 0 Å². The Morgan fingerprint density at radius 1 is 1.50 bits per heavy atom. The summed E-state index contributed by atoms with van der Waals surface area (Å²) in [4.78, 5) is 8.09. The van der Waals surface area contributed by atoms with E-state index in [1.165, 1.54) is 3.57 Å². The van der Waals surface area contributed by atoms with E-state index in [4.69, 9.17) is 0 Å². The van der Waals surface area contributed by atoms with Gasteiger partial charge < -0.3 is 0 Å². The van der Waals surface area contributed by atoms with E-state index in [2.05, 4.69) is 9.97 Å². The van der Waals surface area contributed by atoms with Crippen molar-refractivity contribution in [2.24, 2.45) is 0 Å². The molecule has 0 saturated carbocycles. The minimum absolute atomic E-state index is 0.497. The Morgan fingerprint density at radius 2 is 2.50 bits per heavy atom. The molecule has 0 atom stereocenters. The normalized spacial score (nSPS) is 10.5. The van der Waals surface area contributed by atoms with Gasteiger partial charge in [-0.25, -0.2) is 0 Å². The molecule has 2 nitrogen and oxygen atoms in total. The van der Waals surface area contributed by atoms with Crippen LogP contribution < -0.4 is 0 Å². The minimum atomic E-state index is 0.497. The molecule has 0 aliphatic rings. The van der Waals surface area contributed by atoms with Crippen LogP contribution in [0.25, 0.3) is 9.22 Å². The summed E-state index contributed by atoms with van der Waals surface area (Å²) < 4.78 is 1.36. The van der Waals surface area contributed by atoms with Crippen LogP contribution in [0.3, 0.4) is 0 Å². The summed E-state index contributed by atoms with van der Waals surface area (Å²) >= 11 is 2.20. The molecule has 0 aliphatic heterocycles. The zero-order chi connectivity index (χ0) is 5.40. The van der Waals surface area contributed by atoms with Crippen molar-refractivity contribution in [3.05, 3.63) is 10.6 Å². The molecule has 0 bridgehead atoms. The molecule has 2 aromatic heterocycles. The molecular formula is C4H2N2SSe. The van der Waals surface area contributed by atoms with Crippen molar-refractivity contribution in [3.8, 4) is 0 Å². The Kier molecular flexibility index (Phi) is 0.966. The van der Waals surface area contributed by atoms with Crippen molar-refractivity contribution in [1.82, 2.24) is 9.97 Å². The molecule has 2 rings (SSSR count). The van der Waals surface area contributed by atoms with Crippen LogP contribution in [0.1, 0.15) is 0 Å². The van der Waals surface area contributed by atoms with Gasteiger partial charge in [-0.2, -0.15) is 0 Å². The third-order valence-corrected chi connectivity index (χ3v) is 3.84. The molecule has 0 saturated heterocycles. The summed E-state index contributed by atoms with van der Waals surface area (Å²) in [6.07, 6.45) is 0. The number of fused-ring (bicyclic) bond motifs is 1. The van der Waals surface area contributed by atoms with Crippen molar-refractivity contribution >= 4 is 35.1 Å². The Labute approximate surface area is 56.0 Å². The Morgan fingerprint density at radius 3 is 3.38 bits per heavy atom. The molecule has 0 fully saturated rings. The number of thiazole rings is 1. The van der Waals surface area contributed by atoms with Gasteiger partial charge in [0, 0.05) is 0 Å². The number of rotatable bonds is 0. The molecular weight excluding hydrogens is 187 g/mol. The third-order valence-electron chi connectivity index (χ3n) is 0.852. The maximum atomic E-state index is 4.06. The first kappa shape index (κ1) is 4.68. The molecule has 0 aliphatic carbocycles. The zero-order valence-corrected chi connectivity index (χ0v) is 6.40. The Balaban J connectivity index is 3.06. The van der Waals surface area contributed by atoms with Gasteiger partial charge in [0.25, 0.3) is 0 Å². The van der Waals surface area contributed by atoms with Crippen LogP contribution in [0.15, 0.2) is 10.6 Å². The second kappa shape index (κ2) is 1.65. The molecule has 0 unspecified atom stereocenters. The second-order valence-corrected chi connectivity index (χ2v) is 4.55. The number of aromatic nitrogens is 2. The van der Waals surface area contributed by atoms with Gasteiger partial charge in [-0.05, 0) is 0 Å². The summed E-state index contributed by atoms with van der Waals surface area (Å²) in [6.45, 7) is 0. The number of hydrogen-bond acceptors (Lipinski definition) is 3. The van der Waals surface area contributed by atoms with Crippen LogP contribution in [0.2, 0.25) is 0 Å². The van der Waals surface area contributed by atoms with Crippen LogP contribution in [-0.2, 0) is 0 Å². The predicted molar refractivity (Wildman–Crippen MR) is 34.4 cm³/mol. The third kappa shape index (κ3) is 0.540. The summed E-state index contributed by atoms with van der Waals surface area (Å²) in [5, 5.41) is 1.96. The molecule has 0 aromatic carbocycles. The van der Waals surface area contributed by atoms with E-state index >= 15 is 0 Å². The Hall–Kier alpha value is -0.181. The first-order valence-electron chi connectivity index (χ1n) is 2.09. The first-order chi connectivity index (χ1) is 3.97. The van der Waals surface area contributed by atoms with Gasteiger partial charge in [-0.1, -0.05) is 0 Å². The fraction of sp³-hybridized carbons (Fsp3) is 0. The van der Waals surface area contributed by atoms with Crippen LogP contribution in [0.5, 0.6) is 0 Å². The number of nitrogens with zero attached hydrogens (tertiary/aromatic N) is 2. The van der Waals surface area contributed by atoms with Crippen LogP contribution in [-0.4, -0.2) is 24.5 Å². The fourth-order valence-corrected chi connectivity index (χ4v) is 2.84. The molecule has 4 heteroatoms. The van der Waals surface area contributed by atoms with Crippen molar-refractivity contribution in [3.63, 3.8) is 0 Å². The van der Waals surface area contributed by atoms with E-state index < -0.39 is 0 Å². The average Bonchev–Trinajstić information content (AvgIpc) is 2.15. The van der Waals surface area contributed by atoms with E-state index in [1.807, 2.05) is 10.6 Å². The van der Waals surface area contributed by atoms with E-state index in [0.29, 0.717) is 14.5 Å². The molecule has 0 radical (unpaired) electrons. The molecule has 2 aromatic rings. The van der Waals surface area contributed by atoms with E-state index in [9.17, 15) is 0 Å². The molecule has 0 amide bonds. The SMILES string of the molecule is c1nc2nc[se]c2s1. The zero-order valence-electron chi connectivity index (χ0n) is 3.87.